The van der Waals surface area contributed by atoms with Crippen LogP contribution in [0.3, 0.4) is 0 Å². The van der Waals surface area contributed by atoms with Crippen LogP contribution >= 0.6 is 15.9 Å². The Balaban J connectivity index is 2.02. The minimum atomic E-state index is -0.212. The van der Waals surface area contributed by atoms with Gasteiger partial charge in [0.15, 0.2) is 0 Å². The molecule has 0 spiro atoms. The van der Waals surface area contributed by atoms with Crippen LogP contribution < -0.4 is 11.0 Å². The molecule has 0 saturated carbocycles. The maximum atomic E-state index is 11.9. The number of aromatic nitrogens is 2. The van der Waals surface area contributed by atoms with E-state index >= 15 is 0 Å². The van der Waals surface area contributed by atoms with Crippen LogP contribution in [-0.2, 0) is 6.54 Å². The summed E-state index contributed by atoms with van der Waals surface area (Å²) in [5, 5.41) is 3.33. The first-order chi connectivity index (χ1) is 9.50. The molecule has 2 heterocycles. The van der Waals surface area contributed by atoms with Gasteiger partial charge in [-0.1, -0.05) is 0 Å². The third kappa shape index (κ3) is 3.19. The molecule has 2 aromatic heterocycles. The first-order valence-electron chi connectivity index (χ1n) is 6.51. The molecule has 0 bridgehead atoms. The van der Waals surface area contributed by atoms with E-state index < -0.39 is 0 Å². The zero-order valence-corrected chi connectivity index (χ0v) is 13.4. The Morgan fingerprint density at radius 1 is 1.50 bits per heavy atom. The van der Waals surface area contributed by atoms with Crippen LogP contribution in [0.1, 0.15) is 30.1 Å². The van der Waals surface area contributed by atoms with Gasteiger partial charge in [-0.05, 0) is 48.8 Å². The SMILES string of the molecule is Cc1nc(=O)n(CCNC(C)c2ccco2)c(C)c1Br. The lowest BCUT2D eigenvalue weighted by Gasteiger charge is -2.15. The highest BCUT2D eigenvalue weighted by Crippen LogP contribution is 2.16. The van der Waals surface area contributed by atoms with Crippen molar-refractivity contribution < 1.29 is 4.42 Å². The van der Waals surface area contributed by atoms with Crippen LogP contribution in [0.5, 0.6) is 0 Å². The normalized spacial score (nSPS) is 12.6. The summed E-state index contributed by atoms with van der Waals surface area (Å²) in [6, 6.07) is 3.91. The number of rotatable bonds is 5. The molecule has 0 radical (unpaired) electrons. The van der Waals surface area contributed by atoms with Gasteiger partial charge in [-0.15, -0.1) is 0 Å². The largest absolute Gasteiger partial charge is 0.468 e. The lowest BCUT2D eigenvalue weighted by Crippen LogP contribution is -2.31. The summed E-state index contributed by atoms with van der Waals surface area (Å²) < 4.78 is 7.88. The van der Waals surface area contributed by atoms with Crippen molar-refractivity contribution in [3.8, 4) is 0 Å². The Kier molecular flexibility index (Phi) is 4.77. The summed E-state index contributed by atoms with van der Waals surface area (Å²) in [6.07, 6.45) is 1.66. The van der Waals surface area contributed by atoms with Crippen molar-refractivity contribution in [3.63, 3.8) is 0 Å². The molecule has 0 saturated heterocycles. The van der Waals surface area contributed by atoms with Crippen molar-refractivity contribution >= 4 is 15.9 Å². The molecule has 2 aromatic rings. The van der Waals surface area contributed by atoms with Gasteiger partial charge < -0.3 is 9.73 Å². The molecule has 0 amide bonds. The molecule has 0 fully saturated rings. The monoisotopic (exact) mass is 339 g/mol. The molecule has 0 aromatic carbocycles. The molecule has 108 valence electrons. The van der Waals surface area contributed by atoms with Crippen molar-refractivity contribution in [1.82, 2.24) is 14.9 Å². The van der Waals surface area contributed by atoms with Crippen molar-refractivity contribution in [1.29, 1.82) is 0 Å². The second kappa shape index (κ2) is 6.37. The minimum Gasteiger partial charge on any atom is -0.468 e. The van der Waals surface area contributed by atoms with E-state index in [4.69, 9.17) is 4.42 Å². The van der Waals surface area contributed by atoms with Gasteiger partial charge in [0.05, 0.1) is 22.5 Å². The Morgan fingerprint density at radius 2 is 2.25 bits per heavy atom. The Hall–Kier alpha value is -1.40. The fourth-order valence-electron chi connectivity index (χ4n) is 2.07. The summed E-state index contributed by atoms with van der Waals surface area (Å²) in [5.41, 5.74) is 1.41. The smallest absolute Gasteiger partial charge is 0.348 e. The molecule has 1 atom stereocenters. The predicted molar refractivity (Wildman–Crippen MR) is 80.8 cm³/mol. The third-order valence-electron chi connectivity index (χ3n) is 3.29. The number of halogens is 1. The molecule has 1 N–H and O–H groups in total. The molecule has 1 unspecified atom stereocenters. The van der Waals surface area contributed by atoms with Crippen LogP contribution in [0.15, 0.2) is 32.1 Å². The summed E-state index contributed by atoms with van der Waals surface area (Å²) in [7, 11) is 0. The average molecular weight is 340 g/mol. The van der Waals surface area contributed by atoms with Crippen LogP contribution in [0.2, 0.25) is 0 Å². The molecule has 2 rings (SSSR count). The first kappa shape index (κ1) is 15.0. The van der Waals surface area contributed by atoms with Crippen molar-refractivity contribution in [3.05, 3.63) is 50.5 Å². The molecular formula is C14H18BrN3O2. The second-order valence-corrected chi connectivity index (χ2v) is 5.52. The van der Waals surface area contributed by atoms with E-state index in [0.29, 0.717) is 13.1 Å². The van der Waals surface area contributed by atoms with E-state index in [2.05, 4.69) is 26.2 Å². The van der Waals surface area contributed by atoms with E-state index in [1.807, 2.05) is 32.9 Å². The summed E-state index contributed by atoms with van der Waals surface area (Å²) in [6.45, 7) is 7.00. The molecule has 20 heavy (non-hydrogen) atoms. The van der Waals surface area contributed by atoms with E-state index in [-0.39, 0.29) is 11.7 Å². The fourth-order valence-corrected chi connectivity index (χ4v) is 2.37. The molecule has 5 nitrogen and oxygen atoms in total. The first-order valence-corrected chi connectivity index (χ1v) is 7.30. The van der Waals surface area contributed by atoms with Crippen LogP contribution in [0, 0.1) is 13.8 Å². The average Bonchev–Trinajstić information content (AvgIpc) is 2.94. The van der Waals surface area contributed by atoms with Crippen molar-refractivity contribution in [2.45, 2.75) is 33.4 Å². The predicted octanol–water partition coefficient (Wildman–Crippen LogP) is 2.57. The number of furan rings is 1. The van der Waals surface area contributed by atoms with Crippen LogP contribution in [0.4, 0.5) is 0 Å². The summed E-state index contributed by atoms with van der Waals surface area (Å²) in [4.78, 5) is 15.9. The molecule has 0 aliphatic rings. The van der Waals surface area contributed by atoms with E-state index in [1.165, 1.54) is 0 Å². The maximum Gasteiger partial charge on any atom is 0.348 e. The summed E-state index contributed by atoms with van der Waals surface area (Å²) in [5.74, 6) is 0.886. The van der Waals surface area contributed by atoms with Gasteiger partial charge >= 0.3 is 5.69 Å². The number of nitrogens with zero attached hydrogens (tertiary/aromatic N) is 2. The number of hydrogen-bond acceptors (Lipinski definition) is 4. The van der Waals surface area contributed by atoms with E-state index in [0.717, 1.165) is 21.6 Å². The van der Waals surface area contributed by atoms with Gasteiger partial charge in [0.1, 0.15) is 5.76 Å². The maximum absolute atomic E-state index is 11.9. The zero-order chi connectivity index (χ0) is 14.7. The highest BCUT2D eigenvalue weighted by atomic mass is 79.9. The Labute approximate surface area is 126 Å². The Bertz CT molecular complexity index is 635. The van der Waals surface area contributed by atoms with Crippen LogP contribution in [-0.4, -0.2) is 16.1 Å². The van der Waals surface area contributed by atoms with Gasteiger partial charge in [0.2, 0.25) is 0 Å². The lowest BCUT2D eigenvalue weighted by atomic mass is 10.2. The van der Waals surface area contributed by atoms with Gasteiger partial charge in [0, 0.05) is 18.8 Å². The van der Waals surface area contributed by atoms with Crippen molar-refractivity contribution in [2.24, 2.45) is 0 Å². The second-order valence-electron chi connectivity index (χ2n) is 4.72. The molecule has 0 aliphatic carbocycles. The lowest BCUT2D eigenvalue weighted by molar-refractivity contribution is 0.420. The van der Waals surface area contributed by atoms with Crippen LogP contribution in [0.25, 0.3) is 0 Å². The van der Waals surface area contributed by atoms with E-state index in [9.17, 15) is 4.79 Å². The number of nitrogens with one attached hydrogen (secondary N) is 1. The van der Waals surface area contributed by atoms with E-state index in [1.54, 1.807) is 10.8 Å². The third-order valence-corrected chi connectivity index (χ3v) is 4.44. The zero-order valence-electron chi connectivity index (χ0n) is 11.8. The Morgan fingerprint density at radius 3 is 2.90 bits per heavy atom. The number of aryl methyl sites for hydroxylation is 1. The molecule has 6 heteroatoms. The molecular weight excluding hydrogens is 322 g/mol. The number of hydrogen-bond donors (Lipinski definition) is 1. The standard InChI is InChI=1S/C14H18BrN3O2/c1-9(12-5-4-8-20-12)16-6-7-18-11(3)13(15)10(2)17-14(18)19/h4-5,8-9,16H,6-7H2,1-3H3. The molecule has 0 aliphatic heterocycles. The highest BCUT2D eigenvalue weighted by molar-refractivity contribution is 9.10. The van der Waals surface area contributed by atoms with Gasteiger partial charge in [-0.2, -0.15) is 4.98 Å². The topological polar surface area (TPSA) is 60.1 Å². The highest BCUT2D eigenvalue weighted by Gasteiger charge is 2.10. The fraction of sp³-hybridized carbons (Fsp3) is 0.429. The van der Waals surface area contributed by atoms with Gasteiger partial charge in [-0.3, -0.25) is 4.57 Å². The minimum absolute atomic E-state index is 0.114. The quantitative estimate of drug-likeness (QED) is 0.909. The van der Waals surface area contributed by atoms with Crippen molar-refractivity contribution in [2.75, 3.05) is 6.54 Å². The van der Waals surface area contributed by atoms with Gasteiger partial charge in [-0.25, -0.2) is 4.79 Å². The van der Waals surface area contributed by atoms with Gasteiger partial charge in [0.25, 0.3) is 0 Å². The summed E-state index contributed by atoms with van der Waals surface area (Å²) >= 11 is 3.46.